The SMILES string of the molecule is CCCCNC(=O)[C@@H](Cc1ccccc1)N(Cc1ccc(Br)cc1)C(=O)CN(c1ccc(OC)cc1)S(=O)(=O)c1ccc(C)c([N+](=O)[O-])c1. The van der Waals surface area contributed by atoms with Crippen molar-refractivity contribution in [3.05, 3.63) is 128 Å². The minimum absolute atomic E-state index is 0.0112. The number of sulfonamides is 1. The van der Waals surface area contributed by atoms with Crippen LogP contribution in [0.4, 0.5) is 11.4 Å². The van der Waals surface area contributed by atoms with E-state index in [2.05, 4.69) is 21.2 Å². The van der Waals surface area contributed by atoms with E-state index in [0.29, 0.717) is 12.3 Å². The Morgan fingerprint density at radius 3 is 2.24 bits per heavy atom. The van der Waals surface area contributed by atoms with Gasteiger partial charge in [-0.25, -0.2) is 8.42 Å². The first-order chi connectivity index (χ1) is 23.4. The molecular weight excluding hydrogens is 712 g/mol. The van der Waals surface area contributed by atoms with Gasteiger partial charge in [-0.1, -0.05) is 77.8 Å². The van der Waals surface area contributed by atoms with Gasteiger partial charge in [-0.15, -0.1) is 0 Å². The number of ether oxygens (including phenoxy) is 1. The maximum atomic E-state index is 14.6. The van der Waals surface area contributed by atoms with Crippen LogP contribution >= 0.6 is 15.9 Å². The molecule has 0 aliphatic rings. The molecule has 2 amide bonds. The van der Waals surface area contributed by atoms with E-state index in [4.69, 9.17) is 4.74 Å². The second-order valence-electron chi connectivity index (χ2n) is 11.4. The van der Waals surface area contributed by atoms with Crippen LogP contribution in [0.3, 0.4) is 0 Å². The number of nitrogens with zero attached hydrogens (tertiary/aromatic N) is 3. The van der Waals surface area contributed by atoms with Crippen LogP contribution in [0.25, 0.3) is 0 Å². The molecule has 0 bridgehead atoms. The first-order valence-corrected chi connectivity index (χ1v) is 17.9. The summed E-state index contributed by atoms with van der Waals surface area (Å²) in [6.07, 6.45) is 1.79. The predicted molar refractivity (Wildman–Crippen MR) is 192 cm³/mol. The molecule has 4 rings (SSSR count). The molecule has 4 aromatic carbocycles. The number of amides is 2. The van der Waals surface area contributed by atoms with E-state index in [9.17, 15) is 28.1 Å². The normalized spacial score (nSPS) is 11.8. The van der Waals surface area contributed by atoms with E-state index in [0.717, 1.165) is 38.8 Å². The Kier molecular flexibility index (Phi) is 12.9. The second-order valence-corrected chi connectivity index (χ2v) is 14.2. The van der Waals surface area contributed by atoms with Crippen LogP contribution in [-0.2, 0) is 32.6 Å². The molecular formula is C36H39BrN4O7S. The largest absolute Gasteiger partial charge is 0.497 e. The minimum Gasteiger partial charge on any atom is -0.497 e. The molecule has 4 aromatic rings. The van der Waals surface area contributed by atoms with E-state index in [-0.39, 0.29) is 40.7 Å². The molecule has 0 aliphatic heterocycles. The van der Waals surface area contributed by atoms with Crippen LogP contribution in [0.2, 0.25) is 0 Å². The first kappa shape index (κ1) is 37.1. The van der Waals surface area contributed by atoms with Gasteiger partial charge in [-0.2, -0.15) is 0 Å². The van der Waals surface area contributed by atoms with Crippen molar-refractivity contribution in [1.29, 1.82) is 0 Å². The number of carbonyl (C=O) groups is 2. The number of nitrogens with one attached hydrogen (secondary N) is 1. The smallest absolute Gasteiger partial charge is 0.273 e. The van der Waals surface area contributed by atoms with E-state index in [1.807, 2.05) is 61.5 Å². The summed E-state index contributed by atoms with van der Waals surface area (Å²) < 4.78 is 35.6. The van der Waals surface area contributed by atoms with Gasteiger partial charge in [-0.05, 0) is 66.9 Å². The van der Waals surface area contributed by atoms with Crippen LogP contribution in [0.1, 0.15) is 36.5 Å². The maximum Gasteiger partial charge on any atom is 0.273 e. The monoisotopic (exact) mass is 750 g/mol. The highest BCUT2D eigenvalue weighted by Crippen LogP contribution is 2.30. The number of rotatable bonds is 16. The molecule has 1 atom stereocenters. The molecule has 0 unspecified atom stereocenters. The maximum absolute atomic E-state index is 14.6. The average molecular weight is 752 g/mol. The summed E-state index contributed by atoms with van der Waals surface area (Å²) in [6, 6.07) is 25.3. The zero-order chi connectivity index (χ0) is 35.6. The summed E-state index contributed by atoms with van der Waals surface area (Å²) in [7, 11) is -3.07. The molecule has 258 valence electrons. The van der Waals surface area contributed by atoms with Gasteiger partial charge in [0.25, 0.3) is 15.7 Å². The molecule has 0 aliphatic carbocycles. The van der Waals surface area contributed by atoms with Gasteiger partial charge < -0.3 is 15.0 Å². The third kappa shape index (κ3) is 9.67. The lowest BCUT2D eigenvalue weighted by Crippen LogP contribution is -2.53. The van der Waals surface area contributed by atoms with Gasteiger partial charge in [0, 0.05) is 35.6 Å². The van der Waals surface area contributed by atoms with Crippen LogP contribution in [0.5, 0.6) is 5.75 Å². The molecule has 0 radical (unpaired) electrons. The highest BCUT2D eigenvalue weighted by Gasteiger charge is 2.35. The van der Waals surface area contributed by atoms with Crippen LogP contribution < -0.4 is 14.4 Å². The van der Waals surface area contributed by atoms with Crippen molar-refractivity contribution >= 4 is 49.1 Å². The molecule has 11 nitrogen and oxygen atoms in total. The van der Waals surface area contributed by atoms with Crippen molar-refractivity contribution in [3.8, 4) is 5.75 Å². The number of hydrogen-bond donors (Lipinski definition) is 1. The van der Waals surface area contributed by atoms with Gasteiger partial charge in [-0.3, -0.25) is 24.0 Å². The number of nitro benzene ring substituents is 1. The van der Waals surface area contributed by atoms with Gasteiger partial charge in [0.1, 0.15) is 18.3 Å². The van der Waals surface area contributed by atoms with E-state index >= 15 is 0 Å². The quantitative estimate of drug-likeness (QED) is 0.0792. The third-order valence-corrected chi connectivity index (χ3v) is 10.3. The van der Waals surface area contributed by atoms with E-state index in [1.165, 1.54) is 43.2 Å². The molecule has 0 aromatic heterocycles. The highest BCUT2D eigenvalue weighted by molar-refractivity contribution is 9.10. The van der Waals surface area contributed by atoms with Crippen molar-refractivity contribution in [1.82, 2.24) is 10.2 Å². The van der Waals surface area contributed by atoms with E-state index < -0.39 is 33.4 Å². The zero-order valence-electron chi connectivity index (χ0n) is 27.5. The van der Waals surface area contributed by atoms with Gasteiger partial charge in [0.05, 0.1) is 22.6 Å². The fraction of sp³-hybridized carbons (Fsp3) is 0.278. The minimum atomic E-state index is -4.54. The number of benzene rings is 4. The van der Waals surface area contributed by atoms with Crippen LogP contribution in [-0.4, -0.2) is 56.3 Å². The molecule has 0 saturated carbocycles. The lowest BCUT2D eigenvalue weighted by atomic mass is 10.0. The summed E-state index contributed by atoms with van der Waals surface area (Å²) in [5.41, 5.74) is 1.59. The number of anilines is 1. The third-order valence-electron chi connectivity index (χ3n) is 7.97. The summed E-state index contributed by atoms with van der Waals surface area (Å²) in [4.78, 5) is 40.6. The number of nitro groups is 1. The molecule has 0 spiro atoms. The Labute approximate surface area is 295 Å². The topological polar surface area (TPSA) is 139 Å². The summed E-state index contributed by atoms with van der Waals surface area (Å²) in [6.45, 7) is 3.25. The standard InChI is InChI=1S/C36H39BrN4O7S/c1-4-5-21-38-36(43)34(22-27-9-7-6-8-10-27)39(24-28-12-14-29(37)15-13-28)35(42)25-40(30-16-18-31(48-3)19-17-30)49(46,47)32-20-11-26(2)33(23-32)41(44)45/h6-20,23,34H,4-5,21-22,24-25H2,1-3H3,(H,38,43)/t34-/m1/s1. The van der Waals surface area contributed by atoms with E-state index in [1.54, 1.807) is 12.1 Å². The number of aryl methyl sites for hydroxylation is 1. The van der Waals surface area contributed by atoms with Crippen molar-refractivity contribution < 1.29 is 27.7 Å². The number of methoxy groups -OCH3 is 1. The highest BCUT2D eigenvalue weighted by atomic mass is 79.9. The molecule has 0 heterocycles. The first-order valence-electron chi connectivity index (χ1n) is 15.7. The Bertz CT molecular complexity index is 1850. The number of unbranched alkanes of at least 4 members (excludes halogenated alkanes) is 1. The van der Waals surface area contributed by atoms with Gasteiger partial charge in [0.2, 0.25) is 11.8 Å². The number of carbonyl (C=O) groups excluding carboxylic acids is 2. The van der Waals surface area contributed by atoms with Gasteiger partial charge in [0.15, 0.2) is 0 Å². The van der Waals surface area contributed by atoms with Crippen LogP contribution in [0, 0.1) is 17.0 Å². The molecule has 0 saturated heterocycles. The molecule has 49 heavy (non-hydrogen) atoms. The predicted octanol–water partition coefficient (Wildman–Crippen LogP) is 6.43. The van der Waals surface area contributed by atoms with Crippen molar-refractivity contribution in [2.45, 2.75) is 50.6 Å². The zero-order valence-corrected chi connectivity index (χ0v) is 29.9. The van der Waals surface area contributed by atoms with Crippen molar-refractivity contribution in [2.24, 2.45) is 0 Å². The van der Waals surface area contributed by atoms with Crippen LogP contribution in [0.15, 0.2) is 106 Å². The van der Waals surface area contributed by atoms with Crippen molar-refractivity contribution in [3.63, 3.8) is 0 Å². The molecule has 1 N–H and O–H groups in total. The Hall–Kier alpha value is -4.75. The molecule has 0 fully saturated rings. The second kappa shape index (κ2) is 17.1. The number of hydrogen-bond acceptors (Lipinski definition) is 7. The Balaban J connectivity index is 1.82. The summed E-state index contributed by atoms with van der Waals surface area (Å²) in [5, 5.41) is 14.7. The summed E-state index contributed by atoms with van der Waals surface area (Å²) >= 11 is 3.43. The fourth-order valence-corrected chi connectivity index (χ4v) is 6.90. The summed E-state index contributed by atoms with van der Waals surface area (Å²) in [5.74, 6) is -0.548. The van der Waals surface area contributed by atoms with Gasteiger partial charge >= 0.3 is 0 Å². The Morgan fingerprint density at radius 2 is 1.63 bits per heavy atom. The van der Waals surface area contributed by atoms with Crippen molar-refractivity contribution in [2.75, 3.05) is 24.5 Å². The fourth-order valence-electron chi connectivity index (χ4n) is 5.20. The Morgan fingerprint density at radius 1 is 0.959 bits per heavy atom. The molecule has 13 heteroatoms. The lowest BCUT2D eigenvalue weighted by molar-refractivity contribution is -0.385. The number of halogens is 1. The average Bonchev–Trinajstić information content (AvgIpc) is 3.10. The lowest BCUT2D eigenvalue weighted by Gasteiger charge is -2.34.